The summed E-state index contributed by atoms with van der Waals surface area (Å²) in [5.74, 6) is 0.556. The van der Waals surface area contributed by atoms with Crippen molar-refractivity contribution in [1.29, 1.82) is 0 Å². The Morgan fingerprint density at radius 1 is 1.31 bits per heavy atom. The minimum absolute atomic E-state index is 0. The summed E-state index contributed by atoms with van der Waals surface area (Å²) in [5, 5.41) is 9.65. The van der Waals surface area contributed by atoms with Gasteiger partial charge in [0.25, 0.3) is 0 Å². The third kappa shape index (κ3) is 9.59. The largest absolute Gasteiger partial charge is 0.377 e. The molecule has 0 aliphatic heterocycles. The second-order valence-electron chi connectivity index (χ2n) is 6.37. The van der Waals surface area contributed by atoms with Crippen LogP contribution in [0.3, 0.4) is 0 Å². The van der Waals surface area contributed by atoms with Crippen LogP contribution in [0.15, 0.2) is 23.2 Å². The van der Waals surface area contributed by atoms with Gasteiger partial charge in [-0.25, -0.2) is 0 Å². The van der Waals surface area contributed by atoms with E-state index in [1.165, 1.54) is 0 Å². The highest BCUT2D eigenvalue weighted by Gasteiger charge is 2.15. The van der Waals surface area contributed by atoms with E-state index in [-0.39, 0.29) is 35.5 Å². The van der Waals surface area contributed by atoms with E-state index in [0.29, 0.717) is 36.2 Å². The lowest BCUT2D eigenvalue weighted by Crippen LogP contribution is -2.40. The van der Waals surface area contributed by atoms with Crippen LogP contribution < -0.4 is 16.0 Å². The molecule has 0 spiro atoms. The van der Waals surface area contributed by atoms with Gasteiger partial charge in [-0.2, -0.15) is 0 Å². The summed E-state index contributed by atoms with van der Waals surface area (Å²) < 4.78 is 5.36. The minimum atomic E-state index is -0.331. The van der Waals surface area contributed by atoms with E-state index in [1.807, 2.05) is 39.8 Å². The smallest absolute Gasteiger partial charge is 0.226 e. The normalized spacial score (nSPS) is 11.5. The van der Waals surface area contributed by atoms with Crippen LogP contribution in [-0.4, -0.2) is 44.2 Å². The Morgan fingerprint density at radius 3 is 2.58 bits per heavy atom. The molecular weight excluding hydrogens is 467 g/mol. The second kappa shape index (κ2) is 12.3. The van der Waals surface area contributed by atoms with Gasteiger partial charge in [0, 0.05) is 26.6 Å². The molecule has 0 fully saturated rings. The van der Waals surface area contributed by atoms with Gasteiger partial charge < -0.3 is 20.7 Å². The Bertz CT molecular complexity index is 609. The van der Waals surface area contributed by atoms with Crippen molar-refractivity contribution in [2.75, 3.05) is 32.1 Å². The van der Waals surface area contributed by atoms with Crippen molar-refractivity contribution in [3.05, 3.63) is 28.8 Å². The topological polar surface area (TPSA) is 74.8 Å². The zero-order chi connectivity index (χ0) is 18.9. The first kappa shape index (κ1) is 24.9. The molecule has 1 aromatic rings. The third-order valence-corrected chi connectivity index (χ3v) is 3.87. The number of aryl methyl sites for hydroxylation is 1. The number of hydrogen-bond acceptors (Lipinski definition) is 3. The molecule has 3 N–H and O–H groups in total. The number of amides is 1. The summed E-state index contributed by atoms with van der Waals surface area (Å²) >= 11 is 6.13. The average Bonchev–Trinajstić information content (AvgIpc) is 2.55. The lowest BCUT2D eigenvalue weighted by atomic mass is 10.1. The Balaban J connectivity index is 0.00000625. The van der Waals surface area contributed by atoms with E-state index in [4.69, 9.17) is 16.3 Å². The molecule has 0 atom stereocenters. The fourth-order valence-corrected chi connectivity index (χ4v) is 2.19. The molecule has 8 heteroatoms. The van der Waals surface area contributed by atoms with Crippen LogP contribution in [0.4, 0.5) is 5.69 Å². The van der Waals surface area contributed by atoms with Crippen molar-refractivity contribution in [3.8, 4) is 0 Å². The van der Waals surface area contributed by atoms with E-state index in [9.17, 15) is 4.79 Å². The fraction of sp³-hybridized carbons (Fsp3) is 0.556. The SMILES string of the molecule is CCNC(=NCC(C)(C)OC)NCCC(=O)Nc1ccc(C)cc1Cl.I. The van der Waals surface area contributed by atoms with E-state index in [2.05, 4.69) is 20.9 Å². The molecule has 26 heavy (non-hydrogen) atoms. The van der Waals surface area contributed by atoms with Gasteiger partial charge in [-0.05, 0) is 45.4 Å². The number of carbonyl (C=O) groups is 1. The highest BCUT2D eigenvalue weighted by atomic mass is 127. The quantitative estimate of drug-likeness (QED) is 0.292. The Morgan fingerprint density at radius 2 is 2.00 bits per heavy atom. The molecule has 0 heterocycles. The van der Waals surface area contributed by atoms with Crippen molar-refractivity contribution < 1.29 is 9.53 Å². The van der Waals surface area contributed by atoms with Crippen LogP contribution in [0.2, 0.25) is 5.02 Å². The summed E-state index contributed by atoms with van der Waals surface area (Å²) in [6.45, 7) is 9.61. The van der Waals surface area contributed by atoms with Crippen molar-refractivity contribution in [1.82, 2.24) is 10.6 Å². The van der Waals surface area contributed by atoms with Gasteiger partial charge in [0.15, 0.2) is 5.96 Å². The van der Waals surface area contributed by atoms with Gasteiger partial charge in [-0.1, -0.05) is 17.7 Å². The Labute approximate surface area is 178 Å². The molecule has 0 saturated heterocycles. The second-order valence-corrected chi connectivity index (χ2v) is 6.77. The monoisotopic (exact) mass is 496 g/mol. The number of benzene rings is 1. The number of nitrogens with one attached hydrogen (secondary N) is 3. The molecule has 1 aromatic carbocycles. The molecule has 0 radical (unpaired) electrons. The summed E-state index contributed by atoms with van der Waals surface area (Å²) in [6.07, 6.45) is 0.308. The molecule has 1 amide bonds. The molecule has 0 saturated carbocycles. The summed E-state index contributed by atoms with van der Waals surface area (Å²) in [4.78, 5) is 16.5. The number of rotatable bonds is 8. The lowest BCUT2D eigenvalue weighted by Gasteiger charge is -2.21. The first-order valence-electron chi connectivity index (χ1n) is 8.40. The van der Waals surface area contributed by atoms with E-state index < -0.39 is 0 Å². The van der Waals surface area contributed by atoms with E-state index in [1.54, 1.807) is 13.2 Å². The number of halogens is 2. The molecule has 0 unspecified atom stereocenters. The molecule has 6 nitrogen and oxygen atoms in total. The zero-order valence-electron chi connectivity index (χ0n) is 16.1. The number of ether oxygens (including phenoxy) is 1. The van der Waals surface area contributed by atoms with Crippen molar-refractivity contribution >= 4 is 53.1 Å². The number of anilines is 1. The number of methoxy groups -OCH3 is 1. The maximum absolute atomic E-state index is 12.1. The van der Waals surface area contributed by atoms with Crippen molar-refractivity contribution in [2.45, 2.75) is 39.7 Å². The van der Waals surface area contributed by atoms with Crippen molar-refractivity contribution in [2.24, 2.45) is 4.99 Å². The maximum Gasteiger partial charge on any atom is 0.226 e. The van der Waals surface area contributed by atoms with Gasteiger partial charge in [0.2, 0.25) is 5.91 Å². The number of nitrogens with zero attached hydrogens (tertiary/aromatic N) is 1. The third-order valence-electron chi connectivity index (χ3n) is 3.56. The van der Waals surface area contributed by atoms with Crippen LogP contribution in [0, 0.1) is 6.92 Å². The molecule has 1 rings (SSSR count). The van der Waals surface area contributed by atoms with Gasteiger partial charge in [-0.15, -0.1) is 24.0 Å². The maximum atomic E-state index is 12.1. The Kier molecular flexibility index (Phi) is 11.8. The van der Waals surface area contributed by atoms with Crippen LogP contribution in [-0.2, 0) is 9.53 Å². The summed E-state index contributed by atoms with van der Waals surface area (Å²) in [5.41, 5.74) is 1.34. The number of guanidine groups is 1. The van der Waals surface area contributed by atoms with E-state index in [0.717, 1.165) is 12.1 Å². The fourth-order valence-electron chi connectivity index (χ4n) is 1.90. The van der Waals surface area contributed by atoms with Gasteiger partial charge >= 0.3 is 0 Å². The summed E-state index contributed by atoms with van der Waals surface area (Å²) in [6, 6.07) is 5.54. The van der Waals surface area contributed by atoms with Crippen molar-refractivity contribution in [3.63, 3.8) is 0 Å². The highest BCUT2D eigenvalue weighted by Crippen LogP contribution is 2.22. The van der Waals surface area contributed by atoms with Gasteiger partial charge in [0.1, 0.15) is 0 Å². The number of aliphatic imine (C=N–C) groups is 1. The molecule has 148 valence electrons. The highest BCUT2D eigenvalue weighted by molar-refractivity contribution is 14.0. The first-order chi connectivity index (χ1) is 11.8. The Hall–Kier alpha value is -1.06. The average molecular weight is 497 g/mol. The molecule has 0 bridgehead atoms. The molecule has 0 aromatic heterocycles. The minimum Gasteiger partial charge on any atom is -0.377 e. The number of carbonyl (C=O) groups excluding carboxylic acids is 1. The zero-order valence-corrected chi connectivity index (χ0v) is 19.2. The first-order valence-corrected chi connectivity index (χ1v) is 8.78. The van der Waals surface area contributed by atoms with Crippen LogP contribution in [0.25, 0.3) is 0 Å². The van der Waals surface area contributed by atoms with Gasteiger partial charge in [-0.3, -0.25) is 9.79 Å². The van der Waals surface area contributed by atoms with Gasteiger partial charge in [0.05, 0.1) is 22.9 Å². The predicted octanol–water partition coefficient (Wildman–Crippen LogP) is 3.58. The van der Waals surface area contributed by atoms with Crippen LogP contribution >= 0.6 is 35.6 Å². The molecule has 0 aliphatic carbocycles. The lowest BCUT2D eigenvalue weighted by molar-refractivity contribution is -0.116. The standard InChI is InChI=1S/C18H29ClN4O2.HI/c1-6-20-17(22-12-18(3,4)25-5)21-10-9-16(24)23-15-8-7-13(2)11-14(15)19;/h7-8,11H,6,9-10,12H2,1-5H3,(H,23,24)(H2,20,21,22);1H. The van der Waals surface area contributed by atoms with E-state index >= 15 is 0 Å². The predicted molar refractivity (Wildman–Crippen MR) is 120 cm³/mol. The summed E-state index contributed by atoms with van der Waals surface area (Å²) in [7, 11) is 1.66. The van der Waals surface area contributed by atoms with Crippen LogP contribution in [0.1, 0.15) is 32.8 Å². The number of hydrogen-bond donors (Lipinski definition) is 3. The van der Waals surface area contributed by atoms with Crippen LogP contribution in [0.5, 0.6) is 0 Å². The molecule has 0 aliphatic rings. The molecular formula is C18H30ClIN4O2.